The van der Waals surface area contributed by atoms with Crippen molar-refractivity contribution in [1.82, 2.24) is 15.0 Å². The van der Waals surface area contributed by atoms with E-state index in [1.54, 1.807) is 18.6 Å². The highest BCUT2D eigenvalue weighted by Gasteiger charge is 2.39. The van der Waals surface area contributed by atoms with Crippen molar-refractivity contribution in [1.29, 1.82) is 0 Å². The SMILES string of the molecule is OC1(c2ccc(N[C@H]3CC[C@@H](Oc4cc(N5CCOCC5)cc5nccnc45)CC3)cn2)COC1. The number of fused-ring (bicyclic) bond motifs is 1. The second kappa shape index (κ2) is 9.56. The zero-order chi connectivity index (χ0) is 23.7. The Bertz CT molecular complexity index is 1160. The molecule has 4 heterocycles. The summed E-state index contributed by atoms with van der Waals surface area (Å²) >= 11 is 0. The van der Waals surface area contributed by atoms with Crippen molar-refractivity contribution in [3.63, 3.8) is 0 Å². The van der Waals surface area contributed by atoms with Gasteiger partial charge in [-0.15, -0.1) is 0 Å². The summed E-state index contributed by atoms with van der Waals surface area (Å²) < 4.78 is 17.2. The molecule has 2 aliphatic heterocycles. The van der Waals surface area contributed by atoms with Gasteiger partial charge in [0.1, 0.15) is 11.3 Å². The van der Waals surface area contributed by atoms with Crippen molar-refractivity contribution in [3.05, 3.63) is 48.5 Å². The molecule has 1 aliphatic carbocycles. The van der Waals surface area contributed by atoms with Crippen LogP contribution in [-0.2, 0) is 15.1 Å². The highest BCUT2D eigenvalue weighted by atomic mass is 16.5. The van der Waals surface area contributed by atoms with E-state index in [1.807, 2.05) is 12.1 Å². The van der Waals surface area contributed by atoms with Crippen LogP contribution >= 0.6 is 0 Å². The highest BCUT2D eigenvalue weighted by molar-refractivity contribution is 5.85. The van der Waals surface area contributed by atoms with Crippen LogP contribution in [-0.4, -0.2) is 71.7 Å². The summed E-state index contributed by atoms with van der Waals surface area (Å²) in [6, 6.07) is 8.45. The first-order valence-corrected chi connectivity index (χ1v) is 12.4. The minimum atomic E-state index is -0.929. The molecule has 184 valence electrons. The van der Waals surface area contributed by atoms with Crippen LogP contribution < -0.4 is 15.0 Å². The van der Waals surface area contributed by atoms with Gasteiger partial charge in [0.2, 0.25) is 0 Å². The summed E-state index contributed by atoms with van der Waals surface area (Å²) in [4.78, 5) is 15.9. The largest absolute Gasteiger partial charge is 0.488 e. The van der Waals surface area contributed by atoms with Gasteiger partial charge in [-0.2, -0.15) is 0 Å². The lowest BCUT2D eigenvalue weighted by atomic mass is 9.92. The smallest absolute Gasteiger partial charge is 0.153 e. The van der Waals surface area contributed by atoms with Gasteiger partial charge >= 0.3 is 0 Å². The Hall–Kier alpha value is -3.01. The van der Waals surface area contributed by atoms with Crippen molar-refractivity contribution in [2.75, 3.05) is 49.7 Å². The van der Waals surface area contributed by atoms with Gasteiger partial charge in [-0.05, 0) is 43.9 Å². The molecule has 0 bridgehead atoms. The molecule has 35 heavy (non-hydrogen) atoms. The minimum absolute atomic E-state index is 0.145. The quantitative estimate of drug-likeness (QED) is 0.555. The molecule has 0 spiro atoms. The molecule has 3 aliphatic rings. The molecule has 9 heteroatoms. The van der Waals surface area contributed by atoms with Gasteiger partial charge in [-0.1, -0.05) is 0 Å². The van der Waals surface area contributed by atoms with E-state index in [2.05, 4.69) is 37.3 Å². The number of ether oxygens (including phenoxy) is 3. The monoisotopic (exact) mass is 477 g/mol. The number of nitrogens with zero attached hydrogens (tertiary/aromatic N) is 4. The number of morpholine rings is 1. The van der Waals surface area contributed by atoms with Gasteiger partial charge in [0.05, 0.1) is 55.6 Å². The molecule has 0 radical (unpaired) electrons. The Labute approximate surface area is 204 Å². The maximum absolute atomic E-state index is 10.4. The van der Waals surface area contributed by atoms with Crippen LogP contribution in [0, 0.1) is 0 Å². The first kappa shape index (κ1) is 22.5. The Morgan fingerprint density at radius 1 is 0.971 bits per heavy atom. The van der Waals surface area contributed by atoms with Crippen LogP contribution in [0.4, 0.5) is 11.4 Å². The Morgan fingerprint density at radius 2 is 1.77 bits per heavy atom. The average Bonchev–Trinajstić information content (AvgIpc) is 2.89. The van der Waals surface area contributed by atoms with E-state index in [4.69, 9.17) is 14.2 Å². The summed E-state index contributed by atoms with van der Waals surface area (Å²) in [6.07, 6.45) is 9.35. The number of benzene rings is 1. The molecule has 0 unspecified atom stereocenters. The van der Waals surface area contributed by atoms with Crippen LogP contribution in [0.1, 0.15) is 31.4 Å². The summed E-state index contributed by atoms with van der Waals surface area (Å²) in [5, 5.41) is 14.0. The molecule has 1 aromatic carbocycles. The molecular weight excluding hydrogens is 446 g/mol. The molecule has 1 saturated carbocycles. The molecule has 2 N–H and O–H groups in total. The molecule has 0 amide bonds. The number of anilines is 2. The van der Waals surface area contributed by atoms with E-state index in [-0.39, 0.29) is 6.10 Å². The predicted molar refractivity (Wildman–Crippen MR) is 132 cm³/mol. The van der Waals surface area contributed by atoms with Crippen LogP contribution in [0.25, 0.3) is 11.0 Å². The van der Waals surface area contributed by atoms with Crippen LogP contribution in [0.2, 0.25) is 0 Å². The lowest BCUT2D eigenvalue weighted by Crippen LogP contribution is -2.47. The van der Waals surface area contributed by atoms with Crippen molar-refractivity contribution >= 4 is 22.4 Å². The first-order valence-electron chi connectivity index (χ1n) is 12.4. The molecule has 0 atom stereocenters. The molecular formula is C26H31N5O4. The van der Waals surface area contributed by atoms with Gasteiger partial charge in [0, 0.05) is 43.3 Å². The number of rotatable bonds is 6. The summed E-state index contributed by atoms with van der Waals surface area (Å²) in [6.45, 7) is 3.83. The summed E-state index contributed by atoms with van der Waals surface area (Å²) in [7, 11) is 0. The van der Waals surface area contributed by atoms with Gasteiger partial charge < -0.3 is 29.5 Å². The fourth-order valence-electron chi connectivity index (χ4n) is 5.06. The van der Waals surface area contributed by atoms with E-state index in [9.17, 15) is 5.11 Å². The summed E-state index contributed by atoms with van der Waals surface area (Å²) in [5.41, 5.74) is 3.50. The number of hydrogen-bond acceptors (Lipinski definition) is 9. The third-order valence-corrected chi connectivity index (χ3v) is 7.16. The van der Waals surface area contributed by atoms with Crippen molar-refractivity contribution < 1.29 is 19.3 Å². The molecule has 3 fully saturated rings. The average molecular weight is 478 g/mol. The van der Waals surface area contributed by atoms with E-state index in [1.165, 1.54) is 0 Å². The van der Waals surface area contributed by atoms with Crippen LogP contribution in [0.3, 0.4) is 0 Å². The molecule has 2 aromatic heterocycles. The fraction of sp³-hybridized carbons (Fsp3) is 0.500. The molecule has 2 saturated heterocycles. The zero-order valence-electron chi connectivity index (χ0n) is 19.7. The van der Waals surface area contributed by atoms with E-state index in [0.29, 0.717) is 24.9 Å². The normalized spacial score (nSPS) is 24.1. The van der Waals surface area contributed by atoms with Crippen molar-refractivity contribution in [3.8, 4) is 5.75 Å². The summed E-state index contributed by atoms with van der Waals surface area (Å²) in [5.74, 6) is 0.811. The Morgan fingerprint density at radius 3 is 2.49 bits per heavy atom. The third kappa shape index (κ3) is 4.76. The van der Waals surface area contributed by atoms with E-state index in [0.717, 1.165) is 80.1 Å². The number of hydrogen-bond donors (Lipinski definition) is 2. The van der Waals surface area contributed by atoms with E-state index >= 15 is 0 Å². The highest BCUT2D eigenvalue weighted by Crippen LogP contribution is 2.34. The topological polar surface area (TPSA) is 102 Å². The number of aromatic nitrogens is 3. The van der Waals surface area contributed by atoms with Crippen molar-refractivity contribution in [2.45, 2.75) is 43.4 Å². The molecule has 6 rings (SSSR count). The predicted octanol–water partition coefficient (Wildman–Crippen LogP) is 2.88. The standard InChI is InChI=1S/C26H31N5O4/c32-26(16-34-17-26)24-6-3-19(15-29-24)30-18-1-4-21(5-2-18)35-23-14-20(31-9-11-33-12-10-31)13-22-25(23)28-8-7-27-22/h3,6-8,13-15,18,21,30,32H,1-2,4-5,9-12,16-17H2/t18-,21+. The molecule has 3 aromatic rings. The lowest BCUT2D eigenvalue weighted by molar-refractivity contribution is -0.186. The second-order valence-corrected chi connectivity index (χ2v) is 9.66. The maximum atomic E-state index is 10.4. The van der Waals surface area contributed by atoms with Gasteiger partial charge in [-0.25, -0.2) is 4.98 Å². The van der Waals surface area contributed by atoms with Gasteiger partial charge in [0.15, 0.2) is 5.60 Å². The molecule has 9 nitrogen and oxygen atoms in total. The lowest BCUT2D eigenvalue weighted by Gasteiger charge is -2.35. The van der Waals surface area contributed by atoms with Crippen LogP contribution in [0.5, 0.6) is 5.75 Å². The van der Waals surface area contributed by atoms with Gasteiger partial charge in [-0.3, -0.25) is 9.97 Å². The van der Waals surface area contributed by atoms with Crippen LogP contribution in [0.15, 0.2) is 42.9 Å². The number of aliphatic hydroxyl groups is 1. The van der Waals surface area contributed by atoms with Gasteiger partial charge in [0.25, 0.3) is 0 Å². The van der Waals surface area contributed by atoms with E-state index < -0.39 is 5.60 Å². The number of pyridine rings is 1. The zero-order valence-corrected chi connectivity index (χ0v) is 19.7. The minimum Gasteiger partial charge on any atom is -0.488 e. The second-order valence-electron chi connectivity index (χ2n) is 9.66. The fourth-order valence-corrected chi connectivity index (χ4v) is 5.06. The van der Waals surface area contributed by atoms with Crippen molar-refractivity contribution in [2.24, 2.45) is 0 Å². The third-order valence-electron chi connectivity index (χ3n) is 7.16. The first-order chi connectivity index (χ1) is 17.2. The maximum Gasteiger partial charge on any atom is 0.153 e. The number of nitrogens with one attached hydrogen (secondary N) is 1. The Kier molecular flexibility index (Phi) is 6.13. The Balaban J connectivity index is 1.09.